The van der Waals surface area contributed by atoms with E-state index in [4.69, 9.17) is 9.57 Å². The number of hydrogen-bond acceptors (Lipinski definition) is 4. The summed E-state index contributed by atoms with van der Waals surface area (Å²) >= 11 is 0. The number of rotatable bonds is 6. The molecule has 0 unspecified atom stereocenters. The third-order valence-electron chi connectivity index (χ3n) is 4.78. The molecule has 2 aliphatic rings. The number of carbonyl (C=O) groups excluding carboxylic acids is 2. The van der Waals surface area contributed by atoms with Gasteiger partial charge in [0.15, 0.2) is 6.79 Å². The van der Waals surface area contributed by atoms with Crippen molar-refractivity contribution >= 4 is 11.8 Å². The highest BCUT2D eigenvalue weighted by Crippen LogP contribution is 2.45. The van der Waals surface area contributed by atoms with Crippen molar-refractivity contribution in [1.29, 1.82) is 0 Å². The number of amides is 2. The van der Waals surface area contributed by atoms with Gasteiger partial charge in [0.2, 0.25) is 0 Å². The highest BCUT2D eigenvalue weighted by Gasteiger charge is 2.30. The van der Waals surface area contributed by atoms with Crippen LogP contribution in [0.25, 0.3) is 11.1 Å². The first kappa shape index (κ1) is 16.0. The summed E-state index contributed by atoms with van der Waals surface area (Å²) in [5.74, 6) is -0.304. The minimum Gasteiger partial charge on any atom is -0.353 e. The molecule has 2 amide bonds. The van der Waals surface area contributed by atoms with Gasteiger partial charge in [0.1, 0.15) is 0 Å². The average molecular weight is 337 g/mol. The zero-order valence-corrected chi connectivity index (χ0v) is 13.8. The maximum absolute atomic E-state index is 11.5. The summed E-state index contributed by atoms with van der Waals surface area (Å²) < 4.78 is 5.52. The topological polar surface area (TPSA) is 55.8 Å². The summed E-state index contributed by atoms with van der Waals surface area (Å²) in [4.78, 5) is 28.1. The molecule has 2 aromatic rings. The Labute approximate surface area is 146 Å². The number of hydroxylamine groups is 2. The zero-order chi connectivity index (χ0) is 17.2. The van der Waals surface area contributed by atoms with Crippen molar-refractivity contribution in [3.05, 3.63) is 59.7 Å². The summed E-state index contributed by atoms with van der Waals surface area (Å²) in [5.41, 5.74) is 5.21. The lowest BCUT2D eigenvalue weighted by Gasteiger charge is -2.15. The molecule has 5 heteroatoms. The summed E-state index contributed by atoms with van der Waals surface area (Å²) in [6.45, 7) is 0.400. The van der Waals surface area contributed by atoms with Crippen molar-refractivity contribution in [3.63, 3.8) is 0 Å². The molecule has 128 valence electrons. The van der Waals surface area contributed by atoms with E-state index in [0.29, 0.717) is 12.5 Å². The summed E-state index contributed by atoms with van der Waals surface area (Å²) in [5, 5.41) is 0.820. The molecule has 25 heavy (non-hydrogen) atoms. The van der Waals surface area contributed by atoms with Gasteiger partial charge in [-0.1, -0.05) is 48.5 Å². The van der Waals surface area contributed by atoms with Gasteiger partial charge in [-0.15, -0.1) is 0 Å². The van der Waals surface area contributed by atoms with E-state index in [1.54, 1.807) is 0 Å². The van der Waals surface area contributed by atoms with E-state index in [9.17, 15) is 9.59 Å². The first-order valence-electron chi connectivity index (χ1n) is 8.50. The van der Waals surface area contributed by atoms with Crippen LogP contribution in [0.2, 0.25) is 0 Å². The van der Waals surface area contributed by atoms with Crippen molar-refractivity contribution in [1.82, 2.24) is 5.06 Å². The van der Waals surface area contributed by atoms with Gasteiger partial charge >= 0.3 is 0 Å². The monoisotopic (exact) mass is 337 g/mol. The number of carbonyl (C=O) groups is 2. The second kappa shape index (κ2) is 6.78. The lowest BCUT2D eigenvalue weighted by molar-refractivity contribution is -0.217. The average Bonchev–Trinajstić information content (AvgIpc) is 3.13. The summed E-state index contributed by atoms with van der Waals surface area (Å²) in [7, 11) is 0. The van der Waals surface area contributed by atoms with Crippen LogP contribution in [0.4, 0.5) is 0 Å². The van der Waals surface area contributed by atoms with Crippen LogP contribution in [0.15, 0.2) is 48.5 Å². The zero-order valence-electron chi connectivity index (χ0n) is 13.8. The van der Waals surface area contributed by atoms with Crippen molar-refractivity contribution in [2.24, 2.45) is 0 Å². The van der Waals surface area contributed by atoms with Crippen molar-refractivity contribution in [3.8, 4) is 11.1 Å². The van der Waals surface area contributed by atoms with Crippen LogP contribution in [0, 0.1) is 0 Å². The Morgan fingerprint density at radius 2 is 1.44 bits per heavy atom. The summed E-state index contributed by atoms with van der Waals surface area (Å²) in [6, 6.07) is 16.9. The maximum Gasteiger partial charge on any atom is 0.254 e. The molecule has 0 atom stereocenters. The van der Waals surface area contributed by atoms with Crippen LogP contribution in [0.1, 0.15) is 36.3 Å². The maximum atomic E-state index is 11.5. The lowest BCUT2D eigenvalue weighted by Crippen LogP contribution is -2.30. The molecule has 0 saturated carbocycles. The Morgan fingerprint density at radius 1 is 0.880 bits per heavy atom. The molecule has 1 aliphatic heterocycles. The molecule has 0 aromatic heterocycles. The molecule has 1 saturated heterocycles. The highest BCUT2D eigenvalue weighted by molar-refractivity contribution is 6.00. The smallest absolute Gasteiger partial charge is 0.254 e. The molecule has 1 heterocycles. The van der Waals surface area contributed by atoms with E-state index in [1.165, 1.54) is 22.3 Å². The number of hydrogen-bond donors (Lipinski definition) is 0. The third-order valence-corrected chi connectivity index (χ3v) is 4.78. The molecule has 0 radical (unpaired) electrons. The van der Waals surface area contributed by atoms with Crippen molar-refractivity contribution in [2.75, 3.05) is 13.4 Å². The van der Waals surface area contributed by atoms with Crippen LogP contribution >= 0.6 is 0 Å². The van der Waals surface area contributed by atoms with Gasteiger partial charge < -0.3 is 4.74 Å². The Balaban J connectivity index is 1.36. The minimum absolute atomic E-state index is 0.0898. The van der Waals surface area contributed by atoms with E-state index in [2.05, 4.69) is 48.5 Å². The first-order valence-corrected chi connectivity index (χ1v) is 8.50. The number of benzene rings is 2. The Hall–Kier alpha value is -2.50. The summed E-state index contributed by atoms with van der Waals surface area (Å²) in [6.07, 6.45) is 1.25. The van der Waals surface area contributed by atoms with Crippen LogP contribution in [0.5, 0.6) is 0 Å². The van der Waals surface area contributed by atoms with E-state index in [1.807, 2.05) is 0 Å². The van der Waals surface area contributed by atoms with Crippen LogP contribution in [-0.2, 0) is 19.2 Å². The number of nitrogens with zero attached hydrogens (tertiary/aromatic N) is 1. The van der Waals surface area contributed by atoms with E-state index < -0.39 is 0 Å². The van der Waals surface area contributed by atoms with Gasteiger partial charge in [-0.2, -0.15) is 5.06 Å². The van der Waals surface area contributed by atoms with Crippen LogP contribution in [0.3, 0.4) is 0 Å². The molecule has 5 nitrogen and oxygen atoms in total. The fourth-order valence-corrected chi connectivity index (χ4v) is 3.62. The molecule has 0 N–H and O–H groups in total. The molecular formula is C20H19NO4. The van der Waals surface area contributed by atoms with E-state index >= 15 is 0 Å². The first-order chi connectivity index (χ1) is 12.3. The fourth-order valence-electron chi connectivity index (χ4n) is 3.62. The Kier molecular flexibility index (Phi) is 4.34. The largest absolute Gasteiger partial charge is 0.353 e. The second-order valence-electron chi connectivity index (χ2n) is 6.25. The van der Waals surface area contributed by atoms with Gasteiger partial charge in [-0.05, 0) is 28.7 Å². The van der Waals surface area contributed by atoms with Crippen molar-refractivity contribution < 1.29 is 19.2 Å². The van der Waals surface area contributed by atoms with Gasteiger partial charge in [0.05, 0.1) is 6.61 Å². The molecule has 4 rings (SSSR count). The molecule has 2 aromatic carbocycles. The Morgan fingerprint density at radius 3 is 2.04 bits per heavy atom. The van der Waals surface area contributed by atoms with Gasteiger partial charge in [0, 0.05) is 18.8 Å². The minimum atomic E-state index is -0.299. The van der Waals surface area contributed by atoms with E-state index in [0.717, 1.165) is 11.5 Å². The highest BCUT2D eigenvalue weighted by atomic mass is 16.8. The molecule has 0 spiro atoms. The molecule has 0 bridgehead atoms. The molecule has 1 fully saturated rings. The van der Waals surface area contributed by atoms with Crippen LogP contribution < -0.4 is 0 Å². The normalized spacial score (nSPS) is 16.4. The number of ether oxygens (including phenoxy) is 1. The van der Waals surface area contributed by atoms with Crippen LogP contribution in [-0.4, -0.2) is 30.3 Å². The van der Waals surface area contributed by atoms with Gasteiger partial charge in [0.25, 0.3) is 11.8 Å². The molecular weight excluding hydrogens is 318 g/mol. The van der Waals surface area contributed by atoms with Crippen molar-refractivity contribution in [2.45, 2.75) is 25.2 Å². The third kappa shape index (κ3) is 2.97. The quantitative estimate of drug-likeness (QED) is 0.461. The Bertz CT molecular complexity index is 755. The van der Waals surface area contributed by atoms with E-state index in [-0.39, 0.29) is 31.4 Å². The second-order valence-corrected chi connectivity index (χ2v) is 6.25. The predicted molar refractivity (Wildman–Crippen MR) is 91.3 cm³/mol. The lowest BCUT2D eigenvalue weighted by atomic mass is 9.94. The number of imide groups is 1. The fraction of sp³-hybridized carbons (Fsp3) is 0.300. The SMILES string of the molecule is O=C1CCC(=O)N1OCOCCC1c2ccccc2-c2ccccc21. The number of fused-ring (bicyclic) bond motifs is 3. The predicted octanol–water partition coefficient (Wildman–Crippen LogP) is 3.24. The standard InChI is InChI=1S/C20H19NO4/c22-19-9-10-20(23)21(19)25-13-24-12-11-18-16-7-3-1-5-14(16)15-6-2-4-8-17(15)18/h1-8,18H,9-13H2. The van der Waals surface area contributed by atoms with Gasteiger partial charge in [-0.3, -0.25) is 9.59 Å². The molecule has 1 aliphatic carbocycles. The van der Waals surface area contributed by atoms with Gasteiger partial charge in [-0.25, -0.2) is 4.84 Å².